The third kappa shape index (κ3) is 6.78. The van der Waals surface area contributed by atoms with Crippen LogP contribution in [0.2, 0.25) is 0 Å². The van der Waals surface area contributed by atoms with Gasteiger partial charge in [-0.2, -0.15) is 0 Å². The summed E-state index contributed by atoms with van der Waals surface area (Å²) in [7, 11) is 0. The molecular weight excluding hydrogens is 272 g/mol. The lowest BCUT2D eigenvalue weighted by molar-refractivity contribution is -0.758. The summed E-state index contributed by atoms with van der Waals surface area (Å²) >= 11 is 0. The minimum Gasteiger partial charge on any atom is -0.343 e. The second-order valence-corrected chi connectivity index (χ2v) is 7.59. The highest BCUT2D eigenvalue weighted by atomic mass is 16.9. The lowest BCUT2D eigenvalue weighted by Crippen LogP contribution is -2.35. The average molecular weight is 300 g/mol. The average Bonchev–Trinajstić information content (AvgIpc) is 2.49. The van der Waals surface area contributed by atoms with E-state index in [9.17, 15) is 14.9 Å². The Morgan fingerprint density at radius 3 is 2.57 bits per heavy atom. The fourth-order valence-electron chi connectivity index (χ4n) is 2.77. The number of carbonyl (C=O) groups excluding carboxylic acids is 1. The SMILES string of the molecule is CC(C)(C)CC(=O)N1CCCC(C)(CCO[N+](=O)[O-])CC1. The molecule has 1 saturated heterocycles. The van der Waals surface area contributed by atoms with Crippen LogP contribution in [0.3, 0.4) is 0 Å². The minimum absolute atomic E-state index is 0.00619. The van der Waals surface area contributed by atoms with Gasteiger partial charge >= 0.3 is 0 Å². The van der Waals surface area contributed by atoms with Crippen molar-refractivity contribution in [3.8, 4) is 0 Å². The molecule has 0 aromatic rings. The number of carbonyl (C=O) groups is 1. The summed E-state index contributed by atoms with van der Waals surface area (Å²) in [5, 5.41) is 9.48. The van der Waals surface area contributed by atoms with Crippen LogP contribution in [0.5, 0.6) is 0 Å². The lowest BCUT2D eigenvalue weighted by Gasteiger charge is -2.28. The number of nitrogens with zero attached hydrogens (tertiary/aromatic N) is 2. The summed E-state index contributed by atoms with van der Waals surface area (Å²) in [5.41, 5.74) is 0.0268. The Balaban J connectivity index is 2.49. The predicted molar refractivity (Wildman–Crippen MR) is 80.2 cm³/mol. The molecule has 0 bridgehead atoms. The van der Waals surface area contributed by atoms with Gasteiger partial charge in [0.15, 0.2) is 0 Å². The van der Waals surface area contributed by atoms with Crippen molar-refractivity contribution in [2.75, 3.05) is 19.7 Å². The Morgan fingerprint density at radius 1 is 1.33 bits per heavy atom. The van der Waals surface area contributed by atoms with Crippen LogP contribution in [-0.4, -0.2) is 35.6 Å². The topological polar surface area (TPSA) is 72.7 Å². The van der Waals surface area contributed by atoms with E-state index in [2.05, 4.69) is 32.5 Å². The quantitative estimate of drug-likeness (QED) is 0.578. The first kappa shape index (κ1) is 17.7. The highest BCUT2D eigenvalue weighted by Crippen LogP contribution is 2.35. The van der Waals surface area contributed by atoms with Gasteiger partial charge in [-0.3, -0.25) is 4.79 Å². The second-order valence-electron chi connectivity index (χ2n) is 7.59. The van der Waals surface area contributed by atoms with Crippen molar-refractivity contribution in [3.05, 3.63) is 10.1 Å². The van der Waals surface area contributed by atoms with E-state index in [4.69, 9.17) is 0 Å². The van der Waals surface area contributed by atoms with Gasteiger partial charge in [-0.1, -0.05) is 27.7 Å². The van der Waals surface area contributed by atoms with Gasteiger partial charge in [0.2, 0.25) is 5.91 Å². The van der Waals surface area contributed by atoms with Crippen molar-refractivity contribution in [3.63, 3.8) is 0 Å². The molecule has 122 valence electrons. The van der Waals surface area contributed by atoms with E-state index < -0.39 is 5.09 Å². The van der Waals surface area contributed by atoms with E-state index in [1.54, 1.807) is 0 Å². The zero-order valence-electron chi connectivity index (χ0n) is 13.7. The van der Waals surface area contributed by atoms with Crippen molar-refractivity contribution >= 4 is 5.91 Å². The summed E-state index contributed by atoms with van der Waals surface area (Å²) in [5.74, 6) is 0.216. The molecule has 1 fully saturated rings. The molecule has 0 N–H and O–H groups in total. The maximum absolute atomic E-state index is 12.3. The molecule has 0 aliphatic carbocycles. The normalized spacial score (nSPS) is 23.5. The molecule has 6 nitrogen and oxygen atoms in total. The maximum Gasteiger partial charge on any atom is 0.294 e. The summed E-state index contributed by atoms with van der Waals surface area (Å²) in [6, 6.07) is 0. The smallest absolute Gasteiger partial charge is 0.294 e. The van der Waals surface area contributed by atoms with E-state index in [1.165, 1.54) is 0 Å². The van der Waals surface area contributed by atoms with E-state index in [0.29, 0.717) is 12.8 Å². The molecule has 1 aliphatic heterocycles. The van der Waals surface area contributed by atoms with Crippen molar-refractivity contribution in [2.45, 2.75) is 59.8 Å². The first-order valence-corrected chi connectivity index (χ1v) is 7.66. The van der Waals surface area contributed by atoms with Crippen LogP contribution in [0.1, 0.15) is 59.8 Å². The first-order valence-electron chi connectivity index (χ1n) is 7.66. The van der Waals surface area contributed by atoms with Crippen LogP contribution in [0.4, 0.5) is 0 Å². The Kier molecular flexibility index (Phi) is 5.98. The van der Waals surface area contributed by atoms with Crippen LogP contribution in [0, 0.1) is 20.9 Å². The van der Waals surface area contributed by atoms with Gasteiger partial charge in [-0.15, -0.1) is 10.1 Å². The Bertz CT molecular complexity index is 378. The van der Waals surface area contributed by atoms with Gasteiger partial charge in [0, 0.05) is 19.5 Å². The molecule has 1 unspecified atom stereocenters. The number of amides is 1. The molecule has 0 radical (unpaired) electrons. The second kappa shape index (κ2) is 7.09. The van der Waals surface area contributed by atoms with E-state index in [1.807, 2.05) is 4.90 Å². The van der Waals surface area contributed by atoms with Crippen molar-refractivity contribution in [1.29, 1.82) is 0 Å². The molecule has 1 aliphatic rings. The van der Waals surface area contributed by atoms with Gasteiger partial charge in [-0.25, -0.2) is 0 Å². The summed E-state index contributed by atoms with van der Waals surface area (Å²) in [4.78, 5) is 28.9. The van der Waals surface area contributed by atoms with Gasteiger partial charge in [-0.05, 0) is 36.5 Å². The molecule has 0 spiro atoms. The molecule has 1 amide bonds. The Labute approximate surface area is 126 Å². The van der Waals surface area contributed by atoms with E-state index >= 15 is 0 Å². The van der Waals surface area contributed by atoms with Crippen molar-refractivity contribution < 1.29 is 14.7 Å². The number of likely N-dealkylation sites (tertiary alicyclic amines) is 1. The van der Waals surface area contributed by atoms with E-state index in [0.717, 1.165) is 32.4 Å². The molecule has 1 heterocycles. The zero-order valence-corrected chi connectivity index (χ0v) is 13.7. The molecule has 6 heteroatoms. The molecule has 1 rings (SSSR count). The van der Waals surface area contributed by atoms with Crippen LogP contribution in [-0.2, 0) is 9.63 Å². The van der Waals surface area contributed by atoms with Crippen LogP contribution < -0.4 is 0 Å². The van der Waals surface area contributed by atoms with Gasteiger partial charge in [0.05, 0.1) is 6.61 Å². The fourth-order valence-corrected chi connectivity index (χ4v) is 2.77. The Hall–Kier alpha value is -1.33. The van der Waals surface area contributed by atoms with E-state index in [-0.39, 0.29) is 23.3 Å². The standard InChI is InChI=1S/C15H28N2O4/c1-14(2,3)12-13(18)16-9-5-6-15(4,7-10-16)8-11-21-17(19)20/h5-12H2,1-4H3. The highest BCUT2D eigenvalue weighted by Gasteiger charge is 2.30. The van der Waals surface area contributed by atoms with Gasteiger partial charge in [0.25, 0.3) is 5.09 Å². The molecule has 0 saturated carbocycles. The molecule has 0 aromatic heterocycles. The first-order chi connectivity index (χ1) is 9.61. The minimum atomic E-state index is -0.737. The van der Waals surface area contributed by atoms with Crippen molar-refractivity contribution in [2.24, 2.45) is 10.8 Å². The third-order valence-electron chi connectivity index (χ3n) is 4.13. The van der Waals surface area contributed by atoms with Crippen LogP contribution in [0.15, 0.2) is 0 Å². The molecular formula is C15H28N2O4. The fraction of sp³-hybridized carbons (Fsp3) is 0.933. The van der Waals surface area contributed by atoms with Crippen LogP contribution in [0.25, 0.3) is 0 Å². The van der Waals surface area contributed by atoms with Crippen LogP contribution >= 0.6 is 0 Å². The summed E-state index contributed by atoms with van der Waals surface area (Å²) < 4.78 is 0. The molecule has 1 atom stereocenters. The number of hydrogen-bond acceptors (Lipinski definition) is 4. The Morgan fingerprint density at radius 2 is 2.00 bits per heavy atom. The molecule has 21 heavy (non-hydrogen) atoms. The predicted octanol–water partition coefficient (Wildman–Crippen LogP) is 3.04. The summed E-state index contributed by atoms with van der Waals surface area (Å²) in [6.07, 6.45) is 4.03. The number of rotatable bonds is 5. The van der Waals surface area contributed by atoms with Gasteiger partial charge < -0.3 is 9.74 Å². The zero-order chi connectivity index (χ0) is 16.1. The molecule has 0 aromatic carbocycles. The number of hydrogen-bond donors (Lipinski definition) is 0. The summed E-state index contributed by atoms with van der Waals surface area (Å²) in [6.45, 7) is 10.0. The highest BCUT2D eigenvalue weighted by molar-refractivity contribution is 5.76. The lowest BCUT2D eigenvalue weighted by atomic mass is 9.80. The monoisotopic (exact) mass is 300 g/mol. The van der Waals surface area contributed by atoms with Crippen molar-refractivity contribution in [1.82, 2.24) is 4.90 Å². The van der Waals surface area contributed by atoms with Gasteiger partial charge in [0.1, 0.15) is 0 Å². The maximum atomic E-state index is 12.3. The third-order valence-corrected chi connectivity index (χ3v) is 4.13. The largest absolute Gasteiger partial charge is 0.343 e.